The Morgan fingerprint density at radius 2 is 1.81 bits per heavy atom. The average molecular weight is 364 g/mol. The van der Waals surface area contributed by atoms with Crippen molar-refractivity contribution in [3.63, 3.8) is 0 Å². The van der Waals surface area contributed by atoms with Gasteiger partial charge in [-0.15, -0.1) is 0 Å². The Hall–Kier alpha value is -2.53. The van der Waals surface area contributed by atoms with Gasteiger partial charge in [-0.25, -0.2) is 4.99 Å². The van der Waals surface area contributed by atoms with Gasteiger partial charge in [0, 0.05) is 18.5 Å². The van der Waals surface area contributed by atoms with E-state index in [0.717, 1.165) is 24.3 Å². The standard InChI is InChI=1S/C22H28N4O/c23-22(25-20-11-14-27-21-10-4-3-9-19(20)21)24-15-17-7-1-2-8-18(17)16-26-12-5-6-13-26/h1-4,7-10,20H,5-6,11-16H2,(H3,23,24,25). The van der Waals surface area contributed by atoms with Crippen LogP contribution in [0.5, 0.6) is 5.75 Å². The zero-order valence-electron chi connectivity index (χ0n) is 15.7. The van der Waals surface area contributed by atoms with Gasteiger partial charge in [0.15, 0.2) is 5.96 Å². The van der Waals surface area contributed by atoms with E-state index in [9.17, 15) is 0 Å². The predicted molar refractivity (Wildman–Crippen MR) is 109 cm³/mol. The number of aliphatic imine (C=N–C) groups is 1. The van der Waals surface area contributed by atoms with Crippen LogP contribution < -0.4 is 15.8 Å². The van der Waals surface area contributed by atoms with E-state index in [0.29, 0.717) is 19.1 Å². The van der Waals surface area contributed by atoms with E-state index in [1.807, 2.05) is 18.2 Å². The molecule has 0 aliphatic carbocycles. The minimum atomic E-state index is 0.151. The highest BCUT2D eigenvalue weighted by Gasteiger charge is 2.21. The molecule has 2 aliphatic rings. The van der Waals surface area contributed by atoms with Crippen molar-refractivity contribution in [3.8, 4) is 5.75 Å². The van der Waals surface area contributed by atoms with E-state index in [1.54, 1.807) is 0 Å². The van der Waals surface area contributed by atoms with Crippen LogP contribution >= 0.6 is 0 Å². The van der Waals surface area contributed by atoms with E-state index in [4.69, 9.17) is 10.5 Å². The summed E-state index contributed by atoms with van der Waals surface area (Å²) in [5, 5.41) is 3.38. The molecule has 2 aromatic rings. The largest absolute Gasteiger partial charge is 0.493 e. The maximum atomic E-state index is 6.21. The summed E-state index contributed by atoms with van der Waals surface area (Å²) >= 11 is 0. The van der Waals surface area contributed by atoms with Crippen LogP contribution in [0, 0.1) is 0 Å². The molecular formula is C22H28N4O. The van der Waals surface area contributed by atoms with Crippen LogP contribution in [0.1, 0.15) is 42.0 Å². The third kappa shape index (κ3) is 4.42. The fourth-order valence-electron chi connectivity index (χ4n) is 3.93. The maximum Gasteiger partial charge on any atom is 0.189 e. The summed E-state index contributed by atoms with van der Waals surface area (Å²) in [7, 11) is 0. The molecule has 0 amide bonds. The number of fused-ring (bicyclic) bond motifs is 1. The summed E-state index contributed by atoms with van der Waals surface area (Å²) < 4.78 is 5.72. The quantitative estimate of drug-likeness (QED) is 0.632. The second-order valence-electron chi connectivity index (χ2n) is 7.33. The summed E-state index contributed by atoms with van der Waals surface area (Å²) in [6, 6.07) is 16.8. The summed E-state index contributed by atoms with van der Waals surface area (Å²) in [5.41, 5.74) is 9.97. The molecule has 1 atom stereocenters. The molecular weight excluding hydrogens is 336 g/mol. The van der Waals surface area contributed by atoms with E-state index < -0.39 is 0 Å². The van der Waals surface area contributed by atoms with Gasteiger partial charge in [0.05, 0.1) is 19.2 Å². The van der Waals surface area contributed by atoms with Crippen LogP contribution in [0.2, 0.25) is 0 Å². The number of guanidine groups is 1. The maximum absolute atomic E-state index is 6.21. The molecule has 1 saturated heterocycles. The Bertz CT molecular complexity index is 798. The number of nitrogens with one attached hydrogen (secondary N) is 1. The first-order valence-corrected chi connectivity index (χ1v) is 9.87. The molecule has 1 unspecified atom stereocenters. The van der Waals surface area contributed by atoms with Crippen molar-refractivity contribution in [3.05, 3.63) is 65.2 Å². The van der Waals surface area contributed by atoms with Crippen LogP contribution in [0.4, 0.5) is 0 Å². The number of nitrogens with zero attached hydrogens (tertiary/aromatic N) is 2. The van der Waals surface area contributed by atoms with Gasteiger partial charge in [0.25, 0.3) is 0 Å². The molecule has 27 heavy (non-hydrogen) atoms. The molecule has 0 saturated carbocycles. The summed E-state index contributed by atoms with van der Waals surface area (Å²) in [6.45, 7) is 4.70. The lowest BCUT2D eigenvalue weighted by Crippen LogP contribution is -2.37. The predicted octanol–water partition coefficient (Wildman–Crippen LogP) is 3.21. The molecule has 5 heteroatoms. The van der Waals surface area contributed by atoms with Crippen molar-refractivity contribution < 1.29 is 4.74 Å². The number of likely N-dealkylation sites (tertiary alicyclic amines) is 1. The highest BCUT2D eigenvalue weighted by molar-refractivity contribution is 5.78. The molecule has 4 rings (SSSR count). The normalized spacial score (nSPS) is 20.1. The van der Waals surface area contributed by atoms with Crippen LogP contribution in [-0.4, -0.2) is 30.6 Å². The van der Waals surface area contributed by atoms with Gasteiger partial charge < -0.3 is 15.8 Å². The van der Waals surface area contributed by atoms with Gasteiger partial charge in [-0.05, 0) is 43.1 Å². The van der Waals surface area contributed by atoms with Gasteiger partial charge in [0.1, 0.15) is 5.75 Å². The fraction of sp³-hybridized carbons (Fsp3) is 0.409. The SMILES string of the molecule is NC(=NCc1ccccc1CN1CCCC1)NC1CCOc2ccccc21. The second-order valence-corrected chi connectivity index (χ2v) is 7.33. The van der Waals surface area contributed by atoms with E-state index in [-0.39, 0.29) is 6.04 Å². The second kappa shape index (κ2) is 8.44. The van der Waals surface area contributed by atoms with Crippen molar-refractivity contribution >= 4 is 5.96 Å². The van der Waals surface area contributed by atoms with E-state index in [2.05, 4.69) is 45.5 Å². The van der Waals surface area contributed by atoms with Gasteiger partial charge >= 0.3 is 0 Å². The Kier molecular flexibility index (Phi) is 5.58. The van der Waals surface area contributed by atoms with Crippen molar-refractivity contribution in [1.82, 2.24) is 10.2 Å². The number of para-hydroxylation sites is 1. The lowest BCUT2D eigenvalue weighted by molar-refractivity contribution is 0.262. The molecule has 3 N–H and O–H groups in total. The third-order valence-electron chi connectivity index (χ3n) is 5.41. The molecule has 2 heterocycles. The first kappa shape index (κ1) is 17.9. The van der Waals surface area contributed by atoms with Crippen molar-refractivity contribution in [1.29, 1.82) is 0 Å². The van der Waals surface area contributed by atoms with E-state index >= 15 is 0 Å². The van der Waals surface area contributed by atoms with E-state index in [1.165, 1.54) is 37.1 Å². The van der Waals surface area contributed by atoms with Crippen molar-refractivity contribution in [2.75, 3.05) is 19.7 Å². The smallest absolute Gasteiger partial charge is 0.189 e. The molecule has 2 aromatic carbocycles. The Labute approximate surface area is 161 Å². The molecule has 0 radical (unpaired) electrons. The lowest BCUT2D eigenvalue weighted by atomic mass is 10.0. The third-order valence-corrected chi connectivity index (χ3v) is 5.41. The van der Waals surface area contributed by atoms with Crippen molar-refractivity contribution in [2.45, 2.75) is 38.4 Å². The first-order chi connectivity index (χ1) is 13.3. The number of hydrogen-bond acceptors (Lipinski definition) is 3. The first-order valence-electron chi connectivity index (χ1n) is 9.87. The van der Waals surface area contributed by atoms with Gasteiger partial charge in [-0.2, -0.15) is 0 Å². The van der Waals surface area contributed by atoms with Gasteiger partial charge in [0.2, 0.25) is 0 Å². The van der Waals surface area contributed by atoms with Gasteiger partial charge in [-0.1, -0.05) is 42.5 Å². The Morgan fingerprint density at radius 3 is 2.67 bits per heavy atom. The molecule has 1 fully saturated rings. The van der Waals surface area contributed by atoms with Crippen LogP contribution in [0.15, 0.2) is 53.5 Å². The molecule has 5 nitrogen and oxygen atoms in total. The fourth-order valence-corrected chi connectivity index (χ4v) is 3.93. The Morgan fingerprint density at radius 1 is 1.07 bits per heavy atom. The number of nitrogens with two attached hydrogens (primary N) is 1. The molecule has 2 aliphatic heterocycles. The molecule has 0 bridgehead atoms. The van der Waals surface area contributed by atoms with Crippen LogP contribution in [-0.2, 0) is 13.1 Å². The summed E-state index contributed by atoms with van der Waals surface area (Å²) in [5.74, 6) is 1.43. The minimum absolute atomic E-state index is 0.151. The zero-order valence-corrected chi connectivity index (χ0v) is 15.7. The summed E-state index contributed by atoms with van der Waals surface area (Å²) in [4.78, 5) is 7.14. The summed E-state index contributed by atoms with van der Waals surface area (Å²) in [6.07, 6.45) is 3.51. The van der Waals surface area contributed by atoms with Crippen molar-refractivity contribution in [2.24, 2.45) is 10.7 Å². The molecule has 0 spiro atoms. The topological polar surface area (TPSA) is 62.9 Å². The minimum Gasteiger partial charge on any atom is -0.493 e. The zero-order chi connectivity index (χ0) is 18.5. The number of hydrogen-bond donors (Lipinski definition) is 2. The Balaban J connectivity index is 1.41. The molecule has 0 aromatic heterocycles. The number of ether oxygens (including phenoxy) is 1. The van der Waals surface area contributed by atoms with Crippen LogP contribution in [0.25, 0.3) is 0 Å². The molecule has 142 valence electrons. The van der Waals surface area contributed by atoms with Gasteiger partial charge in [-0.3, -0.25) is 4.90 Å². The number of benzene rings is 2. The van der Waals surface area contributed by atoms with Crippen LogP contribution in [0.3, 0.4) is 0 Å². The number of rotatable bonds is 5. The monoisotopic (exact) mass is 364 g/mol. The average Bonchev–Trinajstić information content (AvgIpc) is 3.21. The lowest BCUT2D eigenvalue weighted by Gasteiger charge is -2.27. The highest BCUT2D eigenvalue weighted by Crippen LogP contribution is 2.31. The highest BCUT2D eigenvalue weighted by atomic mass is 16.5.